The van der Waals surface area contributed by atoms with E-state index < -0.39 is 20.0 Å². The zero-order valence-corrected chi connectivity index (χ0v) is 54.5. The molecule has 3 unspecified atom stereocenters. The third-order valence-corrected chi connectivity index (χ3v) is 16.2. The maximum absolute atomic E-state index is 13.6. The molecule has 0 aliphatic heterocycles. The van der Waals surface area contributed by atoms with Gasteiger partial charge < -0.3 is 19.4 Å². The summed E-state index contributed by atoms with van der Waals surface area (Å²) in [4.78, 5) is 37.8. The highest BCUT2D eigenvalue weighted by molar-refractivity contribution is 7.47. The summed E-state index contributed by atoms with van der Waals surface area (Å²) in [6.07, 6.45) is 76.5. The van der Waals surface area contributed by atoms with E-state index in [0.29, 0.717) is 23.9 Å². The van der Waals surface area contributed by atoms with Crippen molar-refractivity contribution in [1.29, 1.82) is 0 Å². The molecule has 2 N–H and O–H groups in total. The van der Waals surface area contributed by atoms with E-state index in [2.05, 4.69) is 74.7 Å². The van der Waals surface area contributed by atoms with Gasteiger partial charge in [-0.15, -0.1) is 0 Å². The summed E-state index contributed by atoms with van der Waals surface area (Å²) >= 11 is 0. The Morgan fingerprint density at radius 3 is 1.16 bits per heavy atom. The summed E-state index contributed by atoms with van der Waals surface area (Å²) in [7, 11) is 1.49. The Kier molecular flexibility index (Phi) is 58.1. The number of likely N-dealkylation sites (N-methyl/N-ethyl adjacent to an activating group) is 1. The number of phosphoric acid groups is 1. The van der Waals surface area contributed by atoms with Crippen molar-refractivity contribution in [3.63, 3.8) is 0 Å². The van der Waals surface area contributed by atoms with Gasteiger partial charge in [0.2, 0.25) is 5.91 Å². The molecule has 80 heavy (non-hydrogen) atoms. The van der Waals surface area contributed by atoms with Gasteiger partial charge in [-0.25, -0.2) is 4.57 Å². The summed E-state index contributed by atoms with van der Waals surface area (Å²) in [5.74, 6) is -0.514. The second-order valence-corrected chi connectivity index (χ2v) is 25.8. The Balaban J connectivity index is 5.17. The number of nitrogens with zero attached hydrogens (tertiary/aromatic N) is 1. The van der Waals surface area contributed by atoms with Gasteiger partial charge in [-0.3, -0.25) is 18.6 Å². The van der Waals surface area contributed by atoms with E-state index in [1.165, 1.54) is 193 Å². The van der Waals surface area contributed by atoms with Gasteiger partial charge in [0.1, 0.15) is 19.3 Å². The molecule has 0 aromatic rings. The third-order valence-electron chi connectivity index (χ3n) is 15.2. The Morgan fingerprint density at radius 1 is 0.438 bits per heavy atom. The number of amides is 1. The molecule has 9 nitrogen and oxygen atoms in total. The average molecular weight is 1140 g/mol. The van der Waals surface area contributed by atoms with Crippen LogP contribution in [0.1, 0.15) is 323 Å². The lowest BCUT2D eigenvalue weighted by Crippen LogP contribution is -2.47. The number of allylic oxidation sites excluding steroid dienone is 9. The van der Waals surface area contributed by atoms with Crippen LogP contribution in [0.2, 0.25) is 0 Å². The minimum atomic E-state index is -4.46. The molecule has 0 bridgehead atoms. The van der Waals surface area contributed by atoms with Crippen LogP contribution >= 0.6 is 7.82 Å². The standard InChI is InChI=1S/C70H131N2O7P/c1-7-10-13-16-19-22-25-28-30-32-34-36-38-40-42-44-47-50-53-56-59-62-69(73)71-67(66-78-80(75,76)77-65-64-72(4,5)6)68(61-58-55-52-49-46-27-24-21-18-15-12-9-3)79-70(74)63-60-57-54-51-48-45-43-41-39-37-35-33-31-29-26-23-20-17-14-11-8-2/h19,22,28,30,34,36,40,42,58,61,67-68H,7-18,20-21,23-27,29,31-33,35,37-39,41,43-57,59-60,62-66H2,1-6H3,(H-,71,73,75,76)/p+1/b22-19-,30-28-,36-34-,42-40-,61-58+. The SMILES string of the molecule is CCCCC/C=C\C/C=C\C/C=C\C/C=C\CCCCCCCC(=O)NC(COP(=O)(O)OCC[N+](C)(C)C)C(/C=C/CCCCCCCCCCCC)OC(=O)CCCCCCCCCCCCCCCCCCCCCCC. The molecule has 0 rings (SSSR count). The Morgan fingerprint density at radius 2 is 0.762 bits per heavy atom. The molecule has 0 radical (unpaired) electrons. The van der Waals surface area contributed by atoms with Crippen molar-refractivity contribution in [2.45, 2.75) is 335 Å². The first-order chi connectivity index (χ1) is 38.9. The predicted molar refractivity (Wildman–Crippen MR) is 346 cm³/mol. The first kappa shape index (κ1) is 77.7. The summed E-state index contributed by atoms with van der Waals surface area (Å²) in [6, 6.07) is -0.858. The lowest BCUT2D eigenvalue weighted by atomic mass is 10.0. The number of hydrogen-bond donors (Lipinski definition) is 2. The molecule has 1 amide bonds. The van der Waals surface area contributed by atoms with Crippen molar-refractivity contribution in [1.82, 2.24) is 5.32 Å². The molecule has 0 fully saturated rings. The number of carbonyl (C=O) groups is 2. The van der Waals surface area contributed by atoms with Crippen LogP contribution in [0, 0.1) is 0 Å². The molecule has 0 aromatic carbocycles. The summed E-state index contributed by atoms with van der Waals surface area (Å²) < 4.78 is 30.8. The van der Waals surface area contributed by atoms with Crippen LogP contribution in [0.15, 0.2) is 60.8 Å². The molecule has 0 aliphatic rings. The highest BCUT2D eigenvalue weighted by Gasteiger charge is 2.30. The molecule has 0 saturated carbocycles. The van der Waals surface area contributed by atoms with Gasteiger partial charge in [0.25, 0.3) is 0 Å². The highest BCUT2D eigenvalue weighted by Crippen LogP contribution is 2.43. The number of ether oxygens (including phenoxy) is 1. The number of unbranched alkanes of at least 4 members (excludes halogenated alkanes) is 38. The molecule has 10 heteroatoms. The molecule has 468 valence electrons. The Labute approximate surface area is 496 Å². The van der Waals surface area contributed by atoms with Crippen molar-refractivity contribution >= 4 is 19.7 Å². The molecule has 0 saturated heterocycles. The topological polar surface area (TPSA) is 111 Å². The van der Waals surface area contributed by atoms with Crippen molar-refractivity contribution in [3.05, 3.63) is 60.8 Å². The quantitative estimate of drug-likeness (QED) is 0.0205. The number of phosphoric ester groups is 1. The zero-order chi connectivity index (χ0) is 58.6. The number of carbonyl (C=O) groups excluding carboxylic acids is 2. The van der Waals surface area contributed by atoms with Crippen LogP contribution in [0.5, 0.6) is 0 Å². The van der Waals surface area contributed by atoms with Gasteiger partial charge in [-0.05, 0) is 76.7 Å². The third kappa shape index (κ3) is 60.3. The van der Waals surface area contributed by atoms with Crippen molar-refractivity contribution < 1.29 is 37.3 Å². The predicted octanol–water partition coefficient (Wildman–Crippen LogP) is 21.4. The van der Waals surface area contributed by atoms with Gasteiger partial charge in [-0.1, -0.05) is 294 Å². The van der Waals surface area contributed by atoms with E-state index in [1.54, 1.807) is 0 Å². The average Bonchev–Trinajstić information content (AvgIpc) is 3.42. The van der Waals surface area contributed by atoms with E-state index >= 15 is 0 Å². The van der Waals surface area contributed by atoms with Crippen LogP contribution in [-0.4, -0.2) is 74.3 Å². The highest BCUT2D eigenvalue weighted by atomic mass is 31.2. The monoisotopic (exact) mass is 1140 g/mol. The van der Waals surface area contributed by atoms with E-state index in [-0.39, 0.29) is 25.1 Å². The van der Waals surface area contributed by atoms with Crippen LogP contribution in [0.4, 0.5) is 0 Å². The van der Waals surface area contributed by atoms with Crippen molar-refractivity contribution in [2.75, 3.05) is 40.9 Å². The second kappa shape index (κ2) is 59.9. The molecule has 3 atom stereocenters. The fourth-order valence-electron chi connectivity index (χ4n) is 9.93. The smallest absolute Gasteiger partial charge is 0.456 e. The van der Waals surface area contributed by atoms with Crippen LogP contribution in [0.25, 0.3) is 0 Å². The number of esters is 1. The van der Waals surface area contributed by atoms with Gasteiger partial charge in [-0.2, -0.15) is 0 Å². The lowest BCUT2D eigenvalue weighted by molar-refractivity contribution is -0.870. The van der Waals surface area contributed by atoms with Crippen LogP contribution in [0.3, 0.4) is 0 Å². The maximum Gasteiger partial charge on any atom is 0.472 e. The lowest BCUT2D eigenvalue weighted by Gasteiger charge is -2.27. The van der Waals surface area contributed by atoms with Gasteiger partial charge >= 0.3 is 13.8 Å². The van der Waals surface area contributed by atoms with Gasteiger partial charge in [0, 0.05) is 12.8 Å². The molecule has 0 heterocycles. The molecule has 0 spiro atoms. The minimum Gasteiger partial charge on any atom is -0.456 e. The number of nitrogens with one attached hydrogen (secondary N) is 1. The first-order valence-electron chi connectivity index (χ1n) is 34.1. The molecular weight excluding hydrogens is 1010 g/mol. The largest absolute Gasteiger partial charge is 0.472 e. The minimum absolute atomic E-state index is 0.0363. The van der Waals surface area contributed by atoms with Crippen molar-refractivity contribution in [3.8, 4) is 0 Å². The number of quaternary nitrogens is 1. The molecule has 0 aliphatic carbocycles. The van der Waals surface area contributed by atoms with Crippen molar-refractivity contribution in [2.24, 2.45) is 0 Å². The van der Waals surface area contributed by atoms with Gasteiger partial charge in [0.05, 0.1) is 33.8 Å². The number of hydrogen-bond acceptors (Lipinski definition) is 6. The molecular formula is C70H132N2O7P+. The van der Waals surface area contributed by atoms with E-state index in [1.807, 2.05) is 33.3 Å². The Bertz CT molecular complexity index is 1550. The van der Waals surface area contributed by atoms with Crippen LogP contribution in [-0.2, 0) is 27.9 Å². The van der Waals surface area contributed by atoms with Gasteiger partial charge in [0.15, 0.2) is 0 Å². The van der Waals surface area contributed by atoms with E-state index in [0.717, 1.165) is 96.3 Å². The van der Waals surface area contributed by atoms with E-state index in [4.69, 9.17) is 13.8 Å². The molecule has 0 aromatic heterocycles. The van der Waals surface area contributed by atoms with E-state index in [9.17, 15) is 19.0 Å². The summed E-state index contributed by atoms with van der Waals surface area (Å²) in [5.41, 5.74) is 0. The maximum atomic E-state index is 13.6. The normalized spacial score (nSPS) is 13.9. The Hall–Kier alpha value is -2.29. The number of rotatable bonds is 62. The fraction of sp³-hybridized carbons (Fsp3) is 0.829. The summed E-state index contributed by atoms with van der Waals surface area (Å²) in [6.45, 7) is 7.01. The van der Waals surface area contributed by atoms with Crippen LogP contribution < -0.4 is 5.32 Å². The first-order valence-corrected chi connectivity index (χ1v) is 35.6. The zero-order valence-electron chi connectivity index (χ0n) is 53.6. The fourth-order valence-corrected chi connectivity index (χ4v) is 10.7. The summed E-state index contributed by atoms with van der Waals surface area (Å²) in [5, 5.41) is 3.06. The second-order valence-electron chi connectivity index (χ2n) is 24.4.